The molecule has 0 amide bonds. The van der Waals surface area contributed by atoms with Gasteiger partial charge in [-0.15, -0.1) is 0 Å². The van der Waals surface area contributed by atoms with E-state index < -0.39 is 0 Å². The van der Waals surface area contributed by atoms with E-state index in [0.717, 1.165) is 0 Å². The van der Waals surface area contributed by atoms with Crippen molar-refractivity contribution in [1.82, 2.24) is 10.2 Å². The summed E-state index contributed by atoms with van der Waals surface area (Å²) in [5, 5.41) is 3.81. The predicted molar refractivity (Wildman–Crippen MR) is 73.3 cm³/mol. The van der Waals surface area contributed by atoms with Gasteiger partial charge < -0.3 is 5.32 Å². The normalized spacial score (nSPS) is 26.1. The average Bonchev–Trinajstić information content (AvgIpc) is 2.31. The highest BCUT2D eigenvalue weighted by molar-refractivity contribution is 7.99. The Morgan fingerprint density at radius 2 is 2.06 bits per heavy atom. The summed E-state index contributed by atoms with van der Waals surface area (Å²) in [7, 11) is 0. The molecule has 1 saturated carbocycles. The molecule has 1 aliphatic carbocycles. The van der Waals surface area contributed by atoms with Crippen LogP contribution in [0.1, 0.15) is 39.0 Å². The first kappa shape index (κ1) is 12.7. The van der Waals surface area contributed by atoms with Crippen molar-refractivity contribution < 1.29 is 0 Å². The Labute approximate surface area is 105 Å². The van der Waals surface area contributed by atoms with Crippen LogP contribution in [-0.2, 0) is 0 Å². The number of rotatable bonds is 4. The summed E-state index contributed by atoms with van der Waals surface area (Å²) in [5.74, 6) is 2.57. The van der Waals surface area contributed by atoms with E-state index in [-0.39, 0.29) is 0 Å². The minimum atomic E-state index is 0.493. The molecule has 1 spiro atoms. The van der Waals surface area contributed by atoms with Gasteiger partial charge in [-0.25, -0.2) is 0 Å². The van der Waals surface area contributed by atoms with Crippen molar-refractivity contribution in [2.75, 3.05) is 37.7 Å². The summed E-state index contributed by atoms with van der Waals surface area (Å²) < 4.78 is 0. The molecule has 0 aromatic heterocycles. The van der Waals surface area contributed by atoms with Gasteiger partial charge in [0.25, 0.3) is 0 Å². The van der Waals surface area contributed by atoms with E-state index >= 15 is 0 Å². The van der Waals surface area contributed by atoms with E-state index in [1.165, 1.54) is 69.8 Å². The molecule has 2 fully saturated rings. The van der Waals surface area contributed by atoms with Gasteiger partial charge >= 0.3 is 0 Å². The van der Waals surface area contributed by atoms with Gasteiger partial charge in [0.1, 0.15) is 0 Å². The maximum atomic E-state index is 3.81. The van der Waals surface area contributed by atoms with Crippen LogP contribution in [0.5, 0.6) is 0 Å². The van der Waals surface area contributed by atoms with Crippen LogP contribution in [-0.4, -0.2) is 48.1 Å². The van der Waals surface area contributed by atoms with Crippen molar-refractivity contribution in [1.29, 1.82) is 0 Å². The van der Waals surface area contributed by atoms with Gasteiger partial charge in [0, 0.05) is 37.5 Å². The van der Waals surface area contributed by atoms with E-state index in [1.807, 2.05) is 0 Å². The van der Waals surface area contributed by atoms with Crippen molar-refractivity contribution in [3.8, 4) is 0 Å². The molecule has 16 heavy (non-hydrogen) atoms. The number of nitrogens with zero attached hydrogens (tertiary/aromatic N) is 1. The first-order chi connectivity index (χ1) is 7.85. The third kappa shape index (κ3) is 3.38. The standard InChI is InChI=1S/C13H26N2S/c1-2-16-11-10-15-9-8-14-13(12-15)6-4-3-5-7-13/h14H,2-12H2,1H3. The molecule has 1 aliphatic heterocycles. The van der Waals surface area contributed by atoms with E-state index in [2.05, 4.69) is 28.9 Å². The fraction of sp³-hybridized carbons (Fsp3) is 1.00. The maximum absolute atomic E-state index is 3.81. The van der Waals surface area contributed by atoms with Crippen molar-refractivity contribution in [2.45, 2.75) is 44.6 Å². The highest BCUT2D eigenvalue weighted by atomic mass is 32.2. The molecule has 0 unspecified atom stereocenters. The smallest absolute Gasteiger partial charge is 0.0309 e. The van der Waals surface area contributed by atoms with Crippen molar-refractivity contribution in [3.63, 3.8) is 0 Å². The molecule has 3 heteroatoms. The average molecular weight is 242 g/mol. The Kier molecular flexibility index (Phi) is 4.98. The molecule has 2 rings (SSSR count). The summed E-state index contributed by atoms with van der Waals surface area (Å²) in [6.45, 7) is 7.31. The zero-order valence-corrected chi connectivity index (χ0v) is 11.5. The van der Waals surface area contributed by atoms with Crippen LogP contribution in [0.25, 0.3) is 0 Å². The predicted octanol–water partition coefficient (Wildman–Crippen LogP) is 2.35. The van der Waals surface area contributed by atoms with Crippen LogP contribution >= 0.6 is 11.8 Å². The van der Waals surface area contributed by atoms with Gasteiger partial charge in [0.15, 0.2) is 0 Å². The Morgan fingerprint density at radius 3 is 2.81 bits per heavy atom. The zero-order chi connectivity index (χ0) is 11.3. The molecule has 94 valence electrons. The molecule has 1 heterocycles. The second kappa shape index (κ2) is 6.27. The Morgan fingerprint density at radius 1 is 1.25 bits per heavy atom. The van der Waals surface area contributed by atoms with Crippen molar-refractivity contribution in [2.24, 2.45) is 0 Å². The fourth-order valence-corrected chi connectivity index (χ4v) is 3.81. The van der Waals surface area contributed by atoms with Gasteiger partial charge in [-0.1, -0.05) is 26.2 Å². The summed E-state index contributed by atoms with van der Waals surface area (Å²) in [5.41, 5.74) is 0.493. The van der Waals surface area contributed by atoms with Crippen LogP contribution in [0.2, 0.25) is 0 Å². The highest BCUT2D eigenvalue weighted by Crippen LogP contribution is 2.30. The molecule has 2 nitrogen and oxygen atoms in total. The number of piperazine rings is 1. The molecule has 0 radical (unpaired) electrons. The third-order valence-electron chi connectivity index (χ3n) is 4.02. The van der Waals surface area contributed by atoms with Crippen molar-refractivity contribution >= 4 is 11.8 Å². The Balaban J connectivity index is 1.78. The second-order valence-electron chi connectivity index (χ2n) is 5.24. The van der Waals surface area contributed by atoms with Crippen LogP contribution in [0.3, 0.4) is 0 Å². The number of thioether (sulfide) groups is 1. The van der Waals surface area contributed by atoms with Gasteiger partial charge in [-0.05, 0) is 18.6 Å². The van der Waals surface area contributed by atoms with Gasteiger partial charge in [0.05, 0.1) is 0 Å². The van der Waals surface area contributed by atoms with Crippen LogP contribution in [0.15, 0.2) is 0 Å². The summed E-state index contributed by atoms with van der Waals surface area (Å²) in [6, 6.07) is 0. The summed E-state index contributed by atoms with van der Waals surface area (Å²) >= 11 is 2.07. The van der Waals surface area contributed by atoms with Crippen LogP contribution in [0.4, 0.5) is 0 Å². The van der Waals surface area contributed by atoms with Crippen molar-refractivity contribution in [3.05, 3.63) is 0 Å². The molecular weight excluding hydrogens is 216 g/mol. The van der Waals surface area contributed by atoms with Gasteiger partial charge in [-0.2, -0.15) is 11.8 Å². The molecular formula is C13H26N2S. The minimum absolute atomic E-state index is 0.493. The quantitative estimate of drug-likeness (QED) is 0.762. The van der Waals surface area contributed by atoms with E-state index in [1.54, 1.807) is 0 Å². The van der Waals surface area contributed by atoms with E-state index in [0.29, 0.717) is 5.54 Å². The van der Waals surface area contributed by atoms with Crippen LogP contribution < -0.4 is 5.32 Å². The summed E-state index contributed by atoms with van der Waals surface area (Å²) in [4.78, 5) is 2.68. The number of nitrogens with one attached hydrogen (secondary N) is 1. The zero-order valence-electron chi connectivity index (χ0n) is 10.6. The highest BCUT2D eigenvalue weighted by Gasteiger charge is 2.35. The summed E-state index contributed by atoms with van der Waals surface area (Å²) in [6.07, 6.45) is 7.14. The fourth-order valence-electron chi connectivity index (χ4n) is 3.13. The monoisotopic (exact) mass is 242 g/mol. The lowest BCUT2D eigenvalue weighted by Gasteiger charge is -2.46. The molecule has 0 aromatic rings. The third-order valence-corrected chi connectivity index (χ3v) is 4.90. The van der Waals surface area contributed by atoms with E-state index in [4.69, 9.17) is 0 Å². The van der Waals surface area contributed by atoms with E-state index in [9.17, 15) is 0 Å². The molecule has 0 aromatic carbocycles. The Bertz CT molecular complexity index is 197. The lowest BCUT2D eigenvalue weighted by atomic mass is 9.80. The molecule has 1 saturated heterocycles. The SMILES string of the molecule is CCSCCN1CCNC2(CCCCC2)C1. The number of hydrogen-bond acceptors (Lipinski definition) is 3. The lowest BCUT2D eigenvalue weighted by molar-refractivity contribution is 0.104. The number of hydrogen-bond donors (Lipinski definition) is 1. The Hall–Kier alpha value is 0.270. The largest absolute Gasteiger partial charge is 0.309 e. The van der Waals surface area contributed by atoms with Gasteiger partial charge in [0.2, 0.25) is 0 Å². The molecule has 1 N–H and O–H groups in total. The van der Waals surface area contributed by atoms with Gasteiger partial charge in [-0.3, -0.25) is 4.90 Å². The second-order valence-corrected chi connectivity index (χ2v) is 6.63. The minimum Gasteiger partial charge on any atom is -0.309 e. The first-order valence-corrected chi connectivity index (χ1v) is 8.05. The molecule has 0 bridgehead atoms. The lowest BCUT2D eigenvalue weighted by Crippen LogP contribution is -2.61. The topological polar surface area (TPSA) is 15.3 Å². The molecule has 2 aliphatic rings. The first-order valence-electron chi connectivity index (χ1n) is 6.90. The maximum Gasteiger partial charge on any atom is 0.0309 e. The van der Waals surface area contributed by atoms with Crippen LogP contribution in [0, 0.1) is 0 Å². The molecule has 0 atom stereocenters.